The first-order valence-electron chi connectivity index (χ1n) is 5.31. The van der Waals surface area contributed by atoms with E-state index in [-0.39, 0.29) is 0 Å². The van der Waals surface area contributed by atoms with Crippen LogP contribution in [0.1, 0.15) is 31.7 Å². The predicted molar refractivity (Wildman–Crippen MR) is 64.1 cm³/mol. The van der Waals surface area contributed by atoms with Gasteiger partial charge < -0.3 is 0 Å². The lowest BCUT2D eigenvalue weighted by Crippen LogP contribution is -1.67. The van der Waals surface area contributed by atoms with E-state index in [2.05, 4.69) is 55.5 Å². The summed E-state index contributed by atoms with van der Waals surface area (Å²) in [5.41, 5.74) is 1.26. The van der Waals surface area contributed by atoms with E-state index < -0.39 is 0 Å². The molecule has 0 saturated carbocycles. The Balaban J connectivity index is 2.31. The van der Waals surface area contributed by atoms with Crippen molar-refractivity contribution in [2.45, 2.75) is 26.2 Å². The van der Waals surface area contributed by atoms with Crippen LogP contribution < -0.4 is 0 Å². The summed E-state index contributed by atoms with van der Waals surface area (Å²) in [6.07, 6.45) is 12.3. The summed E-state index contributed by atoms with van der Waals surface area (Å²) >= 11 is 0. The first-order chi connectivity index (χ1) is 6.93. The van der Waals surface area contributed by atoms with Gasteiger partial charge in [-0.1, -0.05) is 74.4 Å². The molecule has 1 rings (SSSR count). The lowest BCUT2D eigenvalue weighted by Gasteiger charge is -1.89. The molecule has 1 aromatic rings. The molecule has 0 fully saturated rings. The lowest BCUT2D eigenvalue weighted by molar-refractivity contribution is 0.815. The number of benzene rings is 1. The quantitative estimate of drug-likeness (QED) is 0.471. The van der Waals surface area contributed by atoms with E-state index >= 15 is 0 Å². The molecule has 0 aliphatic rings. The van der Waals surface area contributed by atoms with Crippen LogP contribution in [0.5, 0.6) is 0 Å². The molecule has 0 aliphatic heterocycles. The molecule has 0 bridgehead atoms. The summed E-state index contributed by atoms with van der Waals surface area (Å²) in [6.45, 7) is 2.22. The maximum atomic E-state index is 2.23. The Bertz CT molecular complexity index is 280. The lowest BCUT2D eigenvalue weighted by atomic mass is 10.2. The van der Waals surface area contributed by atoms with E-state index in [9.17, 15) is 0 Å². The number of allylic oxidation sites excluding steroid dienone is 3. The minimum absolute atomic E-state index is 1.19. The standard InChI is InChI=1S/C14H18/c1-2-3-4-5-6-8-11-14-12-9-7-10-13-14/h5-13H,2-4H2,1H3/b6-5?,11-8+. The highest BCUT2D eigenvalue weighted by Crippen LogP contribution is 2.01. The molecular weight excluding hydrogens is 168 g/mol. The molecule has 0 aromatic heterocycles. The largest absolute Gasteiger partial charge is 0.0845 e. The Morgan fingerprint density at radius 2 is 1.86 bits per heavy atom. The van der Waals surface area contributed by atoms with Crippen LogP contribution in [0.3, 0.4) is 0 Å². The zero-order valence-electron chi connectivity index (χ0n) is 8.82. The van der Waals surface area contributed by atoms with Crippen molar-refractivity contribution in [2.24, 2.45) is 0 Å². The summed E-state index contributed by atoms with van der Waals surface area (Å²) in [4.78, 5) is 0. The predicted octanol–water partition coefficient (Wildman–Crippen LogP) is 4.45. The van der Waals surface area contributed by atoms with Gasteiger partial charge in [-0.05, 0) is 12.0 Å². The third kappa shape index (κ3) is 4.66. The average Bonchev–Trinajstić information content (AvgIpc) is 2.25. The van der Waals surface area contributed by atoms with Gasteiger partial charge in [0.25, 0.3) is 0 Å². The smallest absolute Gasteiger partial charge is 0.0257 e. The van der Waals surface area contributed by atoms with Crippen LogP contribution in [0.25, 0.3) is 6.08 Å². The normalized spacial score (nSPS) is 11.5. The molecule has 0 aliphatic carbocycles. The third-order valence-corrected chi connectivity index (χ3v) is 2.06. The zero-order valence-corrected chi connectivity index (χ0v) is 8.82. The van der Waals surface area contributed by atoms with Gasteiger partial charge in [0, 0.05) is 0 Å². The first kappa shape index (κ1) is 10.8. The van der Waals surface area contributed by atoms with E-state index in [0.717, 1.165) is 0 Å². The first-order valence-corrected chi connectivity index (χ1v) is 5.31. The molecule has 0 heteroatoms. The Morgan fingerprint density at radius 3 is 2.57 bits per heavy atom. The molecular formula is C14H18. The van der Waals surface area contributed by atoms with Crippen LogP contribution in [-0.2, 0) is 0 Å². The van der Waals surface area contributed by atoms with Crippen LogP contribution in [0.2, 0.25) is 0 Å². The Hall–Kier alpha value is -1.30. The highest BCUT2D eigenvalue weighted by atomic mass is 13.9. The van der Waals surface area contributed by atoms with Gasteiger partial charge in [-0.2, -0.15) is 0 Å². The van der Waals surface area contributed by atoms with E-state index in [1.807, 2.05) is 6.07 Å². The van der Waals surface area contributed by atoms with Crippen molar-refractivity contribution < 1.29 is 0 Å². The van der Waals surface area contributed by atoms with Gasteiger partial charge >= 0.3 is 0 Å². The summed E-state index contributed by atoms with van der Waals surface area (Å²) in [5, 5.41) is 0. The van der Waals surface area contributed by atoms with Gasteiger partial charge in [-0.15, -0.1) is 0 Å². The topological polar surface area (TPSA) is 0 Å². The van der Waals surface area contributed by atoms with Gasteiger partial charge in [0.05, 0.1) is 0 Å². The number of unbranched alkanes of at least 4 members (excludes halogenated alkanes) is 2. The number of hydrogen-bond acceptors (Lipinski definition) is 0. The molecule has 0 heterocycles. The minimum atomic E-state index is 1.19. The van der Waals surface area contributed by atoms with Crippen molar-refractivity contribution >= 4 is 6.08 Å². The van der Waals surface area contributed by atoms with Crippen LogP contribution in [0, 0.1) is 0 Å². The monoisotopic (exact) mass is 186 g/mol. The summed E-state index contributed by atoms with van der Waals surface area (Å²) in [5.74, 6) is 0. The van der Waals surface area contributed by atoms with E-state index in [1.165, 1.54) is 24.8 Å². The molecule has 0 amide bonds. The van der Waals surface area contributed by atoms with E-state index in [1.54, 1.807) is 0 Å². The summed E-state index contributed by atoms with van der Waals surface area (Å²) in [6, 6.07) is 10.4. The second-order valence-corrected chi connectivity index (χ2v) is 3.34. The van der Waals surface area contributed by atoms with Gasteiger partial charge in [0.15, 0.2) is 0 Å². The zero-order chi connectivity index (χ0) is 10.1. The summed E-state index contributed by atoms with van der Waals surface area (Å²) in [7, 11) is 0. The fraction of sp³-hybridized carbons (Fsp3) is 0.286. The SMILES string of the molecule is CCCCC=C/C=C/c1ccccc1. The van der Waals surface area contributed by atoms with Crippen LogP contribution in [0.4, 0.5) is 0 Å². The second kappa shape index (κ2) is 7.14. The Kier molecular flexibility index (Phi) is 5.49. The maximum Gasteiger partial charge on any atom is -0.0257 e. The molecule has 0 nitrogen and oxygen atoms in total. The fourth-order valence-electron chi connectivity index (χ4n) is 1.23. The Labute approximate surface area is 87.0 Å². The van der Waals surface area contributed by atoms with Crippen LogP contribution in [0.15, 0.2) is 48.6 Å². The number of rotatable bonds is 5. The van der Waals surface area contributed by atoms with Gasteiger partial charge in [0.2, 0.25) is 0 Å². The van der Waals surface area contributed by atoms with Gasteiger partial charge in [-0.25, -0.2) is 0 Å². The third-order valence-electron chi connectivity index (χ3n) is 2.06. The van der Waals surface area contributed by atoms with Crippen molar-refractivity contribution in [3.8, 4) is 0 Å². The van der Waals surface area contributed by atoms with Crippen molar-refractivity contribution in [3.63, 3.8) is 0 Å². The van der Waals surface area contributed by atoms with Crippen molar-refractivity contribution in [2.75, 3.05) is 0 Å². The second-order valence-electron chi connectivity index (χ2n) is 3.34. The van der Waals surface area contributed by atoms with Crippen molar-refractivity contribution in [1.29, 1.82) is 0 Å². The van der Waals surface area contributed by atoms with Crippen molar-refractivity contribution in [1.82, 2.24) is 0 Å². The molecule has 0 saturated heterocycles. The molecule has 74 valence electrons. The highest BCUT2D eigenvalue weighted by molar-refractivity contribution is 5.50. The molecule has 0 unspecified atom stereocenters. The molecule has 1 aromatic carbocycles. The van der Waals surface area contributed by atoms with E-state index in [0.29, 0.717) is 0 Å². The minimum Gasteiger partial charge on any atom is -0.0845 e. The van der Waals surface area contributed by atoms with Crippen LogP contribution in [-0.4, -0.2) is 0 Å². The number of hydrogen-bond donors (Lipinski definition) is 0. The Morgan fingerprint density at radius 1 is 1.07 bits per heavy atom. The molecule has 0 radical (unpaired) electrons. The molecule has 14 heavy (non-hydrogen) atoms. The van der Waals surface area contributed by atoms with Crippen LogP contribution >= 0.6 is 0 Å². The van der Waals surface area contributed by atoms with E-state index in [4.69, 9.17) is 0 Å². The molecule has 0 spiro atoms. The fourth-order valence-corrected chi connectivity index (χ4v) is 1.23. The maximum absolute atomic E-state index is 2.23. The molecule has 0 atom stereocenters. The van der Waals surface area contributed by atoms with Gasteiger partial charge in [-0.3, -0.25) is 0 Å². The summed E-state index contributed by atoms with van der Waals surface area (Å²) < 4.78 is 0. The molecule has 0 N–H and O–H groups in total. The van der Waals surface area contributed by atoms with Gasteiger partial charge in [0.1, 0.15) is 0 Å². The average molecular weight is 186 g/mol. The van der Waals surface area contributed by atoms with Crippen molar-refractivity contribution in [3.05, 3.63) is 54.1 Å². The highest BCUT2D eigenvalue weighted by Gasteiger charge is 1.80.